The van der Waals surface area contributed by atoms with Gasteiger partial charge in [-0.1, -0.05) is 0 Å². The van der Waals surface area contributed by atoms with Gasteiger partial charge in [0.2, 0.25) is 0 Å². The zero-order chi connectivity index (χ0) is 8.81. The summed E-state index contributed by atoms with van der Waals surface area (Å²) in [5, 5.41) is 7.31. The predicted molar refractivity (Wildman–Crippen MR) is 48.8 cm³/mol. The van der Waals surface area contributed by atoms with Crippen molar-refractivity contribution in [3.63, 3.8) is 0 Å². The highest BCUT2D eigenvalue weighted by atomic mass is 15.2. The van der Waals surface area contributed by atoms with Crippen LogP contribution in [0.15, 0.2) is 12.4 Å². The fraction of sp³-hybridized carbons (Fsp3) is 0.625. The van der Waals surface area contributed by atoms with Crippen LogP contribution < -0.4 is 11.1 Å². The lowest BCUT2D eigenvalue weighted by Gasteiger charge is -1.99. The van der Waals surface area contributed by atoms with Crippen molar-refractivity contribution in [3.8, 4) is 0 Å². The monoisotopic (exact) mass is 168 g/mol. The maximum absolute atomic E-state index is 5.33. The van der Waals surface area contributed by atoms with Gasteiger partial charge in [-0.2, -0.15) is 5.10 Å². The van der Waals surface area contributed by atoms with Crippen molar-refractivity contribution in [2.45, 2.75) is 6.42 Å². The van der Waals surface area contributed by atoms with E-state index < -0.39 is 0 Å². The van der Waals surface area contributed by atoms with Gasteiger partial charge in [-0.15, -0.1) is 0 Å². The van der Waals surface area contributed by atoms with Gasteiger partial charge in [0.1, 0.15) is 0 Å². The highest BCUT2D eigenvalue weighted by Crippen LogP contribution is 1.95. The number of nitrogens with one attached hydrogen (secondary N) is 1. The van der Waals surface area contributed by atoms with E-state index in [4.69, 9.17) is 5.73 Å². The van der Waals surface area contributed by atoms with Gasteiger partial charge in [-0.3, -0.25) is 4.68 Å². The van der Waals surface area contributed by atoms with Crippen molar-refractivity contribution in [1.82, 2.24) is 15.1 Å². The Kier molecular flexibility index (Phi) is 3.76. The number of hydrogen-bond acceptors (Lipinski definition) is 3. The van der Waals surface area contributed by atoms with E-state index in [2.05, 4.69) is 10.4 Å². The topological polar surface area (TPSA) is 55.9 Å². The summed E-state index contributed by atoms with van der Waals surface area (Å²) in [6, 6.07) is 0. The molecule has 0 saturated carbocycles. The largest absolute Gasteiger partial charge is 0.329 e. The molecule has 0 spiro atoms. The van der Waals surface area contributed by atoms with Crippen molar-refractivity contribution in [2.75, 3.05) is 19.6 Å². The molecular weight excluding hydrogens is 152 g/mol. The summed E-state index contributed by atoms with van der Waals surface area (Å²) in [6.45, 7) is 2.57. The Balaban J connectivity index is 2.15. The normalized spacial score (nSPS) is 10.5. The van der Waals surface area contributed by atoms with Crippen LogP contribution in [0.2, 0.25) is 0 Å². The molecule has 0 atom stereocenters. The first kappa shape index (κ1) is 9.22. The third-order valence-electron chi connectivity index (χ3n) is 1.67. The zero-order valence-corrected chi connectivity index (χ0v) is 7.45. The van der Waals surface area contributed by atoms with E-state index in [1.807, 2.05) is 24.1 Å². The number of aryl methyl sites for hydroxylation is 1. The summed E-state index contributed by atoms with van der Waals surface area (Å²) in [6.07, 6.45) is 4.95. The summed E-state index contributed by atoms with van der Waals surface area (Å²) in [5.74, 6) is 0. The van der Waals surface area contributed by atoms with Crippen molar-refractivity contribution >= 4 is 0 Å². The highest BCUT2D eigenvalue weighted by molar-refractivity contribution is 5.03. The van der Waals surface area contributed by atoms with Crippen LogP contribution in [0.3, 0.4) is 0 Å². The van der Waals surface area contributed by atoms with E-state index in [0.717, 1.165) is 19.5 Å². The second-order valence-corrected chi connectivity index (χ2v) is 2.81. The van der Waals surface area contributed by atoms with Crippen molar-refractivity contribution in [3.05, 3.63) is 18.0 Å². The van der Waals surface area contributed by atoms with Crippen LogP contribution in [-0.4, -0.2) is 29.4 Å². The Bertz CT molecular complexity index is 219. The molecule has 0 aromatic carbocycles. The van der Waals surface area contributed by atoms with Gasteiger partial charge in [-0.05, 0) is 18.5 Å². The third kappa shape index (κ3) is 3.02. The lowest BCUT2D eigenvalue weighted by atomic mass is 10.2. The second-order valence-electron chi connectivity index (χ2n) is 2.81. The average molecular weight is 168 g/mol. The lowest BCUT2D eigenvalue weighted by Crippen LogP contribution is -2.24. The molecule has 1 aromatic heterocycles. The Hall–Kier alpha value is -0.870. The molecule has 0 bridgehead atoms. The number of nitrogens with zero attached hydrogens (tertiary/aromatic N) is 2. The first-order valence-corrected chi connectivity index (χ1v) is 4.21. The lowest BCUT2D eigenvalue weighted by molar-refractivity contribution is 0.688. The Morgan fingerprint density at radius 3 is 3.00 bits per heavy atom. The minimum Gasteiger partial charge on any atom is -0.329 e. The SMILES string of the molecule is Cn1cc(CCNCCN)cn1. The van der Waals surface area contributed by atoms with E-state index in [1.54, 1.807) is 0 Å². The van der Waals surface area contributed by atoms with Crippen LogP contribution >= 0.6 is 0 Å². The van der Waals surface area contributed by atoms with Crippen molar-refractivity contribution < 1.29 is 0 Å². The molecule has 3 N–H and O–H groups in total. The molecule has 1 aromatic rings. The summed E-state index contributed by atoms with van der Waals surface area (Å²) in [4.78, 5) is 0. The van der Waals surface area contributed by atoms with Gasteiger partial charge < -0.3 is 11.1 Å². The van der Waals surface area contributed by atoms with Crippen LogP contribution in [-0.2, 0) is 13.5 Å². The fourth-order valence-electron chi connectivity index (χ4n) is 1.06. The van der Waals surface area contributed by atoms with Crippen LogP contribution in [0.4, 0.5) is 0 Å². The van der Waals surface area contributed by atoms with Crippen LogP contribution in [0.25, 0.3) is 0 Å². The zero-order valence-electron chi connectivity index (χ0n) is 7.45. The highest BCUT2D eigenvalue weighted by Gasteiger charge is 1.94. The van der Waals surface area contributed by atoms with E-state index in [1.165, 1.54) is 5.56 Å². The van der Waals surface area contributed by atoms with Gasteiger partial charge in [-0.25, -0.2) is 0 Å². The minimum atomic E-state index is 0.701. The Morgan fingerprint density at radius 1 is 1.58 bits per heavy atom. The minimum absolute atomic E-state index is 0.701. The predicted octanol–water partition coefficient (Wildman–Crippen LogP) is -0.489. The summed E-state index contributed by atoms with van der Waals surface area (Å²) < 4.78 is 1.82. The third-order valence-corrected chi connectivity index (χ3v) is 1.67. The van der Waals surface area contributed by atoms with Crippen LogP contribution in [0.5, 0.6) is 0 Å². The molecule has 0 aliphatic rings. The van der Waals surface area contributed by atoms with E-state index in [0.29, 0.717) is 6.54 Å². The Labute approximate surface area is 72.8 Å². The molecule has 0 saturated heterocycles. The quantitative estimate of drug-likeness (QED) is 0.583. The molecule has 0 fully saturated rings. The van der Waals surface area contributed by atoms with Crippen LogP contribution in [0, 0.1) is 0 Å². The summed E-state index contributed by atoms with van der Waals surface area (Å²) >= 11 is 0. The molecule has 0 amide bonds. The van der Waals surface area contributed by atoms with Gasteiger partial charge in [0.05, 0.1) is 6.20 Å². The molecule has 0 aliphatic heterocycles. The van der Waals surface area contributed by atoms with Gasteiger partial charge in [0.15, 0.2) is 0 Å². The maximum atomic E-state index is 5.33. The molecule has 4 heteroatoms. The number of nitrogens with two attached hydrogens (primary N) is 1. The first-order chi connectivity index (χ1) is 5.83. The molecule has 0 unspecified atom stereocenters. The molecule has 4 nitrogen and oxygen atoms in total. The van der Waals surface area contributed by atoms with Crippen molar-refractivity contribution in [2.24, 2.45) is 12.8 Å². The summed E-state index contributed by atoms with van der Waals surface area (Å²) in [7, 11) is 1.93. The van der Waals surface area contributed by atoms with E-state index in [9.17, 15) is 0 Å². The second kappa shape index (κ2) is 4.90. The van der Waals surface area contributed by atoms with E-state index >= 15 is 0 Å². The molecular formula is C8H16N4. The van der Waals surface area contributed by atoms with Gasteiger partial charge >= 0.3 is 0 Å². The van der Waals surface area contributed by atoms with Gasteiger partial charge in [0, 0.05) is 26.3 Å². The standard InChI is InChI=1S/C8H16N4/c1-12-7-8(6-11-12)2-4-10-5-3-9/h6-7,10H,2-5,9H2,1H3. The summed E-state index contributed by atoms with van der Waals surface area (Å²) in [5.41, 5.74) is 6.60. The first-order valence-electron chi connectivity index (χ1n) is 4.21. The molecule has 0 aliphatic carbocycles. The van der Waals surface area contributed by atoms with Crippen LogP contribution in [0.1, 0.15) is 5.56 Å². The maximum Gasteiger partial charge on any atom is 0.0522 e. The average Bonchev–Trinajstić information content (AvgIpc) is 2.45. The number of aromatic nitrogens is 2. The van der Waals surface area contributed by atoms with Gasteiger partial charge in [0.25, 0.3) is 0 Å². The van der Waals surface area contributed by atoms with Crippen molar-refractivity contribution in [1.29, 1.82) is 0 Å². The number of rotatable bonds is 5. The molecule has 68 valence electrons. The fourth-order valence-corrected chi connectivity index (χ4v) is 1.06. The van der Waals surface area contributed by atoms with E-state index in [-0.39, 0.29) is 0 Å². The Morgan fingerprint density at radius 2 is 2.42 bits per heavy atom. The molecule has 1 rings (SSSR count). The smallest absolute Gasteiger partial charge is 0.0522 e. The molecule has 1 heterocycles. The molecule has 12 heavy (non-hydrogen) atoms. The molecule has 0 radical (unpaired) electrons. The number of hydrogen-bond donors (Lipinski definition) is 2.